The molecule has 2 amide bonds. The summed E-state index contributed by atoms with van der Waals surface area (Å²) >= 11 is 5.84. The van der Waals surface area contributed by atoms with Crippen molar-refractivity contribution in [2.45, 2.75) is 19.4 Å². The van der Waals surface area contributed by atoms with E-state index in [1.54, 1.807) is 67.6 Å². The van der Waals surface area contributed by atoms with Gasteiger partial charge < -0.3 is 16.0 Å². The lowest BCUT2D eigenvalue weighted by Gasteiger charge is -2.16. The van der Waals surface area contributed by atoms with Gasteiger partial charge in [0.15, 0.2) is 0 Å². The van der Waals surface area contributed by atoms with Gasteiger partial charge in [0.05, 0.1) is 0 Å². The second-order valence-corrected chi connectivity index (χ2v) is 7.51. The Morgan fingerprint density at radius 2 is 1.52 bits per heavy atom. The minimum absolute atomic E-state index is 0.137. The maximum atomic E-state index is 12.9. The fraction of sp³-hybridized carbons (Fsp3) is 0.167. The average molecular weight is 440 g/mol. The molecular weight excluding hydrogens is 417 g/mol. The first kappa shape index (κ1) is 22.3. The molecule has 0 aliphatic carbocycles. The highest BCUT2D eigenvalue weighted by molar-refractivity contribution is 6.30. The van der Waals surface area contributed by atoms with Crippen LogP contribution < -0.4 is 16.0 Å². The fourth-order valence-corrected chi connectivity index (χ4v) is 3.03. The third-order valence-electron chi connectivity index (χ3n) is 4.65. The van der Waals surface area contributed by atoms with E-state index in [-0.39, 0.29) is 17.6 Å². The van der Waals surface area contributed by atoms with Crippen molar-refractivity contribution in [3.8, 4) is 0 Å². The normalized spacial score (nSPS) is 11.5. The number of hydrogen-bond acceptors (Lipinski definition) is 3. The quantitative estimate of drug-likeness (QED) is 0.468. The molecule has 1 atom stereocenters. The highest BCUT2D eigenvalue weighted by Gasteiger charge is 2.12. The molecule has 3 aromatic rings. The maximum absolute atomic E-state index is 12.9. The van der Waals surface area contributed by atoms with Gasteiger partial charge in [-0.1, -0.05) is 23.7 Å². The summed E-state index contributed by atoms with van der Waals surface area (Å²) in [6.45, 7) is 2.23. The van der Waals surface area contributed by atoms with Gasteiger partial charge in [0.25, 0.3) is 5.91 Å². The van der Waals surface area contributed by atoms with Gasteiger partial charge in [-0.05, 0) is 79.6 Å². The smallest absolute Gasteiger partial charge is 0.255 e. The van der Waals surface area contributed by atoms with Crippen LogP contribution in [0.4, 0.5) is 15.8 Å². The molecule has 0 spiro atoms. The second kappa shape index (κ2) is 10.6. The Morgan fingerprint density at radius 1 is 0.903 bits per heavy atom. The summed E-state index contributed by atoms with van der Waals surface area (Å²) in [6, 6.07) is 19.5. The predicted octanol–water partition coefficient (Wildman–Crippen LogP) is 4.89. The standard InChI is InChI=1S/C24H23ClFN3O2/c1-16(23(30)27-15-14-17-2-8-20(26)9-3-17)28-21-10-12-22(13-11-21)29-24(31)18-4-6-19(25)7-5-18/h2-13,16,28H,14-15H2,1H3,(H,27,30)(H,29,31). The number of rotatable bonds is 8. The van der Waals surface area contributed by atoms with Gasteiger partial charge in [-0.15, -0.1) is 0 Å². The molecule has 0 radical (unpaired) electrons. The van der Waals surface area contributed by atoms with Crippen LogP contribution in [0.2, 0.25) is 5.02 Å². The van der Waals surface area contributed by atoms with Crippen LogP contribution in [0.1, 0.15) is 22.8 Å². The van der Waals surface area contributed by atoms with E-state index in [9.17, 15) is 14.0 Å². The molecule has 1 unspecified atom stereocenters. The van der Waals surface area contributed by atoms with Crippen LogP contribution in [-0.4, -0.2) is 24.4 Å². The monoisotopic (exact) mass is 439 g/mol. The van der Waals surface area contributed by atoms with Gasteiger partial charge in [-0.2, -0.15) is 0 Å². The van der Waals surface area contributed by atoms with E-state index in [0.29, 0.717) is 29.2 Å². The Kier molecular flexibility index (Phi) is 7.62. The molecule has 0 aromatic heterocycles. The van der Waals surface area contributed by atoms with Gasteiger partial charge in [0.1, 0.15) is 11.9 Å². The van der Waals surface area contributed by atoms with E-state index in [4.69, 9.17) is 11.6 Å². The number of carbonyl (C=O) groups is 2. The van der Waals surface area contributed by atoms with Crippen molar-refractivity contribution < 1.29 is 14.0 Å². The summed E-state index contributed by atoms with van der Waals surface area (Å²) in [7, 11) is 0. The highest BCUT2D eigenvalue weighted by Crippen LogP contribution is 2.16. The zero-order valence-electron chi connectivity index (χ0n) is 17.0. The Labute approximate surface area is 185 Å². The first-order valence-corrected chi connectivity index (χ1v) is 10.2. The van der Waals surface area contributed by atoms with E-state index in [0.717, 1.165) is 11.3 Å². The Bertz CT molecular complexity index is 1020. The van der Waals surface area contributed by atoms with E-state index >= 15 is 0 Å². The van der Waals surface area contributed by atoms with E-state index in [1.807, 2.05) is 0 Å². The molecule has 0 fully saturated rings. The van der Waals surface area contributed by atoms with Crippen molar-refractivity contribution in [2.75, 3.05) is 17.2 Å². The second-order valence-electron chi connectivity index (χ2n) is 7.07. The molecule has 3 aromatic carbocycles. The first-order valence-electron chi connectivity index (χ1n) is 9.86. The summed E-state index contributed by atoms with van der Waals surface area (Å²) in [5.74, 6) is -0.644. The third-order valence-corrected chi connectivity index (χ3v) is 4.90. The molecule has 0 aliphatic heterocycles. The molecule has 31 heavy (non-hydrogen) atoms. The van der Waals surface area contributed by atoms with Gasteiger partial charge in [0.2, 0.25) is 5.91 Å². The number of anilines is 2. The molecule has 0 bridgehead atoms. The molecule has 0 aliphatic rings. The SMILES string of the molecule is CC(Nc1ccc(NC(=O)c2ccc(Cl)cc2)cc1)C(=O)NCCc1ccc(F)cc1. The molecule has 0 saturated carbocycles. The van der Waals surface area contributed by atoms with Crippen LogP contribution in [0.25, 0.3) is 0 Å². The van der Waals surface area contributed by atoms with E-state index < -0.39 is 6.04 Å². The van der Waals surface area contributed by atoms with E-state index in [2.05, 4.69) is 16.0 Å². The average Bonchev–Trinajstić information content (AvgIpc) is 2.76. The molecule has 160 valence electrons. The third kappa shape index (κ3) is 6.83. The topological polar surface area (TPSA) is 70.2 Å². The van der Waals surface area contributed by atoms with Crippen LogP contribution in [-0.2, 0) is 11.2 Å². The van der Waals surface area contributed by atoms with Gasteiger partial charge in [-0.3, -0.25) is 9.59 Å². The maximum Gasteiger partial charge on any atom is 0.255 e. The summed E-state index contributed by atoms with van der Waals surface area (Å²) in [5, 5.41) is 9.38. The number of halogens is 2. The van der Waals surface area contributed by atoms with Crippen molar-refractivity contribution in [3.63, 3.8) is 0 Å². The van der Waals surface area contributed by atoms with Crippen molar-refractivity contribution in [2.24, 2.45) is 0 Å². The summed E-state index contributed by atoms with van der Waals surface area (Å²) in [6.07, 6.45) is 0.626. The zero-order valence-corrected chi connectivity index (χ0v) is 17.7. The Balaban J connectivity index is 1.45. The van der Waals surface area contributed by atoms with E-state index in [1.165, 1.54) is 12.1 Å². The molecule has 0 saturated heterocycles. The Hall–Kier alpha value is -3.38. The van der Waals surface area contributed by atoms with Crippen LogP contribution in [0.5, 0.6) is 0 Å². The molecule has 0 heterocycles. The number of nitrogens with one attached hydrogen (secondary N) is 3. The molecule has 5 nitrogen and oxygen atoms in total. The molecule has 7 heteroatoms. The van der Waals surface area contributed by atoms with Crippen LogP contribution in [0, 0.1) is 5.82 Å². The van der Waals surface area contributed by atoms with Gasteiger partial charge >= 0.3 is 0 Å². The van der Waals surface area contributed by atoms with Crippen molar-refractivity contribution in [1.29, 1.82) is 0 Å². The highest BCUT2D eigenvalue weighted by atomic mass is 35.5. The predicted molar refractivity (Wildman–Crippen MR) is 122 cm³/mol. The van der Waals surface area contributed by atoms with Crippen molar-refractivity contribution >= 4 is 34.8 Å². The van der Waals surface area contributed by atoms with Gasteiger partial charge in [0, 0.05) is 28.5 Å². The molecule has 3 rings (SSSR count). The Morgan fingerprint density at radius 3 is 2.16 bits per heavy atom. The molecule has 3 N–H and O–H groups in total. The minimum atomic E-state index is -0.442. The zero-order chi connectivity index (χ0) is 22.2. The lowest BCUT2D eigenvalue weighted by Crippen LogP contribution is -2.38. The van der Waals surface area contributed by atoms with Crippen LogP contribution in [0.15, 0.2) is 72.8 Å². The van der Waals surface area contributed by atoms with Crippen LogP contribution in [0.3, 0.4) is 0 Å². The minimum Gasteiger partial charge on any atom is -0.374 e. The largest absolute Gasteiger partial charge is 0.374 e. The van der Waals surface area contributed by atoms with Crippen molar-refractivity contribution in [1.82, 2.24) is 5.32 Å². The lowest BCUT2D eigenvalue weighted by atomic mass is 10.1. The first-order chi connectivity index (χ1) is 14.9. The fourth-order valence-electron chi connectivity index (χ4n) is 2.90. The lowest BCUT2D eigenvalue weighted by molar-refractivity contribution is -0.121. The molecular formula is C24H23ClFN3O2. The summed E-state index contributed by atoms with van der Waals surface area (Å²) in [5.41, 5.74) is 2.86. The number of hydrogen-bond donors (Lipinski definition) is 3. The number of benzene rings is 3. The number of amides is 2. The summed E-state index contributed by atoms with van der Waals surface area (Å²) < 4.78 is 12.9. The van der Waals surface area contributed by atoms with Crippen LogP contribution >= 0.6 is 11.6 Å². The van der Waals surface area contributed by atoms with Crippen molar-refractivity contribution in [3.05, 3.63) is 94.8 Å². The summed E-state index contributed by atoms with van der Waals surface area (Å²) in [4.78, 5) is 24.5. The van der Waals surface area contributed by atoms with Gasteiger partial charge in [-0.25, -0.2) is 4.39 Å². The number of carbonyl (C=O) groups excluding carboxylic acids is 2.